The Morgan fingerprint density at radius 1 is 1.70 bits per heavy atom. The Balaban J connectivity index is 2.17. The van der Waals surface area contributed by atoms with E-state index < -0.39 is 24.0 Å². The molecule has 0 unspecified atom stereocenters. The average molecular weight is 282 g/mol. The molecule has 20 heavy (non-hydrogen) atoms. The molecule has 0 aromatic rings. The van der Waals surface area contributed by atoms with Crippen molar-refractivity contribution in [2.24, 2.45) is 15.8 Å². The second-order valence-corrected chi connectivity index (χ2v) is 4.81. The molecule has 0 aromatic carbocycles. The predicted octanol–water partition coefficient (Wildman–Crippen LogP) is -0.332. The molecule has 1 saturated heterocycles. The van der Waals surface area contributed by atoms with Crippen molar-refractivity contribution in [2.45, 2.75) is 37.4 Å². The van der Waals surface area contributed by atoms with E-state index in [2.05, 4.69) is 15.0 Å². The summed E-state index contributed by atoms with van der Waals surface area (Å²) in [7, 11) is 0. The third-order valence-electron chi connectivity index (χ3n) is 3.69. The minimum absolute atomic E-state index is 0.0440. The first-order chi connectivity index (χ1) is 9.54. The average Bonchev–Trinajstić information content (AvgIpc) is 2.72. The molecule has 0 saturated carbocycles. The molecular formula is C11H18N6O3. The van der Waals surface area contributed by atoms with Crippen LogP contribution in [0.5, 0.6) is 0 Å². The first-order valence-corrected chi connectivity index (χ1v) is 6.33. The van der Waals surface area contributed by atoms with E-state index in [1.54, 1.807) is 24.1 Å². The summed E-state index contributed by atoms with van der Waals surface area (Å²) in [4.78, 5) is 8.35. The van der Waals surface area contributed by atoms with Gasteiger partial charge in [-0.3, -0.25) is 0 Å². The van der Waals surface area contributed by atoms with Gasteiger partial charge in [0.25, 0.3) is 0 Å². The summed E-state index contributed by atoms with van der Waals surface area (Å²) in [5.41, 5.74) is 12.9. The molecule has 9 heteroatoms. The molecule has 2 rings (SSSR count). The number of hydrogen-bond acceptors (Lipinski definition) is 7. The van der Waals surface area contributed by atoms with E-state index in [1.807, 2.05) is 0 Å². The first-order valence-electron chi connectivity index (χ1n) is 6.33. The number of aliphatic imine (C=N–C) groups is 1. The van der Waals surface area contributed by atoms with Gasteiger partial charge in [-0.1, -0.05) is 12.0 Å². The number of amidine groups is 1. The van der Waals surface area contributed by atoms with Gasteiger partial charge in [0.15, 0.2) is 6.23 Å². The van der Waals surface area contributed by atoms with Gasteiger partial charge < -0.3 is 25.6 Å². The van der Waals surface area contributed by atoms with Gasteiger partial charge in [0.2, 0.25) is 0 Å². The molecule has 2 aliphatic heterocycles. The third kappa shape index (κ3) is 2.44. The van der Waals surface area contributed by atoms with Gasteiger partial charge in [-0.2, -0.15) is 0 Å². The van der Waals surface area contributed by atoms with Crippen molar-refractivity contribution < 1.29 is 14.9 Å². The zero-order chi connectivity index (χ0) is 14.8. The number of hydrogen-bond donors (Lipinski definition) is 3. The Bertz CT molecular complexity index is 475. The van der Waals surface area contributed by atoms with Crippen LogP contribution < -0.4 is 5.73 Å². The minimum atomic E-state index is -1.14. The maximum absolute atomic E-state index is 10.2. The highest BCUT2D eigenvalue weighted by Crippen LogP contribution is 2.36. The van der Waals surface area contributed by atoms with E-state index in [0.717, 1.165) is 0 Å². The molecule has 4 atom stereocenters. The van der Waals surface area contributed by atoms with E-state index in [0.29, 0.717) is 12.3 Å². The lowest BCUT2D eigenvalue weighted by atomic mass is 9.92. The fourth-order valence-electron chi connectivity index (χ4n) is 2.40. The molecule has 110 valence electrons. The maximum Gasteiger partial charge on any atom is 0.160 e. The SMILES string of the molecule is CC[C@@]1(CN=[N+]=[N-])O[C@@H](N2C=CC(N)=NC2)[C@@H](O)[C@@H]1O. The van der Waals surface area contributed by atoms with Crippen LogP contribution in [0.4, 0.5) is 0 Å². The van der Waals surface area contributed by atoms with Crippen molar-refractivity contribution in [1.82, 2.24) is 4.90 Å². The molecule has 0 aromatic heterocycles. The van der Waals surface area contributed by atoms with Crippen molar-refractivity contribution in [3.63, 3.8) is 0 Å². The fraction of sp³-hybridized carbons (Fsp3) is 0.727. The van der Waals surface area contributed by atoms with Gasteiger partial charge in [-0.05, 0) is 18.0 Å². The summed E-state index contributed by atoms with van der Waals surface area (Å²) in [6.45, 7) is 1.99. The highest BCUT2D eigenvalue weighted by Gasteiger charge is 2.54. The van der Waals surface area contributed by atoms with Crippen molar-refractivity contribution in [3.05, 3.63) is 22.7 Å². The lowest BCUT2D eigenvalue weighted by molar-refractivity contribution is -0.116. The number of nitrogens with zero attached hydrogens (tertiary/aromatic N) is 5. The van der Waals surface area contributed by atoms with E-state index in [1.165, 1.54) is 0 Å². The van der Waals surface area contributed by atoms with E-state index in [-0.39, 0.29) is 13.2 Å². The molecule has 4 N–H and O–H groups in total. The molecule has 0 aliphatic carbocycles. The molecule has 0 bridgehead atoms. The summed E-state index contributed by atoms with van der Waals surface area (Å²) in [5.74, 6) is 0.394. The van der Waals surface area contributed by atoms with Crippen LogP contribution in [0.1, 0.15) is 13.3 Å². The van der Waals surface area contributed by atoms with Crippen molar-refractivity contribution >= 4 is 5.84 Å². The smallest absolute Gasteiger partial charge is 0.160 e. The summed E-state index contributed by atoms with van der Waals surface area (Å²) in [6, 6.07) is 0. The Hall–Kier alpha value is -1.80. The number of nitrogens with two attached hydrogens (primary N) is 1. The van der Waals surface area contributed by atoms with Gasteiger partial charge in [-0.25, -0.2) is 4.99 Å². The van der Waals surface area contributed by atoms with Crippen molar-refractivity contribution in [2.75, 3.05) is 13.2 Å². The van der Waals surface area contributed by atoms with Crippen LogP contribution in [0.15, 0.2) is 22.4 Å². The molecule has 0 radical (unpaired) electrons. The first kappa shape index (κ1) is 14.6. The number of ether oxygens (including phenoxy) is 1. The number of aliphatic hydroxyl groups is 2. The van der Waals surface area contributed by atoms with Gasteiger partial charge in [0, 0.05) is 11.1 Å². The Kier molecular flexibility index (Phi) is 4.15. The number of azide groups is 1. The van der Waals surface area contributed by atoms with E-state index >= 15 is 0 Å². The van der Waals surface area contributed by atoms with Crippen molar-refractivity contribution in [1.29, 1.82) is 0 Å². The highest BCUT2D eigenvalue weighted by molar-refractivity contribution is 5.91. The lowest BCUT2D eigenvalue weighted by Gasteiger charge is -2.31. The normalized spacial score (nSPS) is 36.6. The minimum Gasteiger partial charge on any atom is -0.387 e. The standard InChI is InChI=1S/C11H18N6O3/c1-2-11(5-15-16-13)9(19)8(18)10(20-11)17-4-3-7(12)14-6-17/h3-4,8-10,18-19H,2,5-6H2,1H3,(H2,12,14)/t8-,9-,10+,11-/m0/s1. The topological polar surface area (TPSA) is 140 Å². The van der Waals surface area contributed by atoms with Gasteiger partial charge >= 0.3 is 0 Å². The lowest BCUT2D eigenvalue weighted by Crippen LogP contribution is -2.45. The monoisotopic (exact) mass is 282 g/mol. The largest absolute Gasteiger partial charge is 0.387 e. The fourth-order valence-corrected chi connectivity index (χ4v) is 2.40. The number of aliphatic hydroxyl groups excluding tert-OH is 2. The van der Waals surface area contributed by atoms with Crippen molar-refractivity contribution in [3.8, 4) is 0 Å². The number of rotatable bonds is 4. The molecule has 0 spiro atoms. The van der Waals surface area contributed by atoms with Crippen LogP contribution in [0.25, 0.3) is 10.4 Å². The second kappa shape index (κ2) is 5.68. The summed E-state index contributed by atoms with van der Waals surface area (Å²) in [5, 5.41) is 23.9. The Morgan fingerprint density at radius 2 is 2.45 bits per heavy atom. The Morgan fingerprint density at radius 3 is 3.00 bits per heavy atom. The van der Waals surface area contributed by atoms with Gasteiger partial charge in [0.1, 0.15) is 30.3 Å². The van der Waals surface area contributed by atoms with E-state index in [9.17, 15) is 10.2 Å². The molecule has 9 nitrogen and oxygen atoms in total. The molecule has 0 amide bonds. The van der Waals surface area contributed by atoms with Crippen LogP contribution in [-0.4, -0.2) is 58.2 Å². The van der Waals surface area contributed by atoms with Crippen LogP contribution in [0.2, 0.25) is 0 Å². The van der Waals surface area contributed by atoms with Crippen LogP contribution in [0.3, 0.4) is 0 Å². The zero-order valence-electron chi connectivity index (χ0n) is 11.1. The Labute approximate surface area is 116 Å². The molecular weight excluding hydrogens is 264 g/mol. The van der Waals surface area contributed by atoms with E-state index in [4.69, 9.17) is 16.0 Å². The summed E-state index contributed by atoms with van der Waals surface area (Å²) in [6.07, 6.45) is 0.631. The molecule has 2 aliphatic rings. The summed E-state index contributed by atoms with van der Waals surface area (Å²) >= 11 is 0. The van der Waals surface area contributed by atoms with Gasteiger partial charge in [-0.15, -0.1) is 0 Å². The molecule has 2 heterocycles. The highest BCUT2D eigenvalue weighted by atomic mass is 16.6. The van der Waals surface area contributed by atoms with Crippen LogP contribution >= 0.6 is 0 Å². The second-order valence-electron chi connectivity index (χ2n) is 4.81. The maximum atomic E-state index is 10.2. The van der Waals surface area contributed by atoms with Crippen LogP contribution in [0, 0.1) is 0 Å². The predicted molar refractivity (Wildman–Crippen MR) is 71.4 cm³/mol. The van der Waals surface area contributed by atoms with Crippen LogP contribution in [-0.2, 0) is 4.74 Å². The molecule has 1 fully saturated rings. The van der Waals surface area contributed by atoms with Gasteiger partial charge in [0.05, 0.1) is 6.54 Å². The zero-order valence-corrected chi connectivity index (χ0v) is 11.1. The third-order valence-corrected chi connectivity index (χ3v) is 3.69. The quantitative estimate of drug-likeness (QED) is 0.368. The summed E-state index contributed by atoms with van der Waals surface area (Å²) < 4.78 is 5.80.